The number of hydrogen-bond acceptors (Lipinski definition) is 3. The molecule has 0 saturated heterocycles. The summed E-state index contributed by atoms with van der Waals surface area (Å²) in [5.74, 6) is 0. The van der Waals surface area contributed by atoms with Gasteiger partial charge in [0.25, 0.3) is 0 Å². The van der Waals surface area contributed by atoms with Gasteiger partial charge < -0.3 is 0 Å². The third-order valence-corrected chi connectivity index (χ3v) is 6.76. The highest BCUT2D eigenvalue weighted by molar-refractivity contribution is 7.90. The predicted molar refractivity (Wildman–Crippen MR) is 109 cm³/mol. The second-order valence-electron chi connectivity index (χ2n) is 7.12. The Morgan fingerprint density at radius 3 is 2.44 bits per heavy atom. The number of nitriles is 1. The molecule has 27 heavy (non-hydrogen) atoms. The first-order chi connectivity index (χ1) is 12.9. The molecule has 5 heteroatoms. The molecule has 140 valence electrons. The van der Waals surface area contributed by atoms with Gasteiger partial charge in [0.05, 0.1) is 16.9 Å². The molecule has 0 radical (unpaired) electrons. The molecule has 4 nitrogen and oxygen atoms in total. The normalized spacial score (nSPS) is 17.4. The zero-order valence-electron chi connectivity index (χ0n) is 15.6. The minimum Gasteiger partial charge on any atom is -0.212 e. The summed E-state index contributed by atoms with van der Waals surface area (Å²) in [5, 5.41) is 8.62. The lowest BCUT2D eigenvalue weighted by atomic mass is 9.89. The lowest BCUT2D eigenvalue weighted by Crippen LogP contribution is -2.40. The average molecular weight is 381 g/mol. The number of sulfonamides is 1. The predicted octanol–water partition coefficient (Wildman–Crippen LogP) is 4.49. The maximum absolute atomic E-state index is 12.3. The maximum Gasteiger partial charge on any atom is 0.214 e. The van der Waals surface area contributed by atoms with Crippen molar-refractivity contribution in [2.24, 2.45) is 0 Å². The number of rotatable bonds is 5. The second-order valence-corrected chi connectivity index (χ2v) is 9.39. The van der Waals surface area contributed by atoms with E-state index in [4.69, 9.17) is 5.26 Å². The molecule has 0 bridgehead atoms. The lowest BCUT2D eigenvalue weighted by Gasteiger charge is -2.26. The Labute approximate surface area is 161 Å². The summed E-state index contributed by atoms with van der Waals surface area (Å²) >= 11 is 0. The van der Waals surface area contributed by atoms with Crippen molar-refractivity contribution in [1.82, 2.24) is 4.72 Å². The number of nitrogens with zero attached hydrogens (tertiary/aromatic N) is 1. The van der Waals surface area contributed by atoms with Gasteiger partial charge in [0.1, 0.15) is 0 Å². The molecule has 0 spiro atoms. The van der Waals surface area contributed by atoms with Crippen molar-refractivity contribution in [3.05, 3.63) is 65.7 Å². The molecule has 1 unspecified atom stereocenters. The van der Waals surface area contributed by atoms with Gasteiger partial charge >= 0.3 is 0 Å². The number of hydrogen-bond donors (Lipinski definition) is 1. The molecule has 0 aromatic heterocycles. The molecule has 3 rings (SSSR count). The zero-order valence-corrected chi connectivity index (χ0v) is 16.5. The Balaban J connectivity index is 1.86. The van der Waals surface area contributed by atoms with Crippen LogP contribution in [0.5, 0.6) is 0 Å². The summed E-state index contributed by atoms with van der Waals surface area (Å²) in [6.45, 7) is 3.39. The second kappa shape index (κ2) is 8.08. The highest BCUT2D eigenvalue weighted by Gasteiger charge is 2.26. The van der Waals surface area contributed by atoms with Crippen molar-refractivity contribution in [2.45, 2.75) is 44.4 Å². The smallest absolute Gasteiger partial charge is 0.212 e. The molecule has 0 amide bonds. The van der Waals surface area contributed by atoms with Gasteiger partial charge in [0.15, 0.2) is 0 Å². The zero-order chi connectivity index (χ0) is 19.4. The molecule has 1 aliphatic rings. The highest BCUT2D eigenvalue weighted by atomic mass is 32.2. The third kappa shape index (κ3) is 4.47. The topological polar surface area (TPSA) is 70.0 Å². The van der Waals surface area contributed by atoms with Crippen LogP contribution in [-0.4, -0.2) is 19.7 Å². The average Bonchev–Trinajstić information content (AvgIpc) is 2.68. The van der Waals surface area contributed by atoms with Gasteiger partial charge in [-0.05, 0) is 67.5 Å². The van der Waals surface area contributed by atoms with Crippen molar-refractivity contribution >= 4 is 15.6 Å². The lowest BCUT2D eigenvalue weighted by molar-refractivity contribution is 0.547. The summed E-state index contributed by atoms with van der Waals surface area (Å²) in [4.78, 5) is 0. The Morgan fingerprint density at radius 1 is 1.07 bits per heavy atom. The standard InChI is InChI=1S/C22H24N2O2S/c1-16(2)27(25,26)24-22-9-4-3-8-21(22)19-12-10-18(11-13-19)20-7-5-6-17(14-20)15-23/h5-8,10-14,16,22,24H,3-4,9H2,1-2H3. The molecular weight excluding hydrogens is 356 g/mol. The first-order valence-electron chi connectivity index (χ1n) is 9.23. The van der Waals surface area contributed by atoms with E-state index in [1.54, 1.807) is 19.9 Å². The van der Waals surface area contributed by atoms with Gasteiger partial charge in [-0.25, -0.2) is 13.1 Å². The minimum atomic E-state index is -3.32. The summed E-state index contributed by atoms with van der Waals surface area (Å²) in [5.41, 5.74) is 4.74. The van der Waals surface area contributed by atoms with Crippen LogP contribution < -0.4 is 4.72 Å². The van der Waals surface area contributed by atoms with Crippen LogP contribution in [0.4, 0.5) is 0 Å². The Hall–Kier alpha value is -2.42. The van der Waals surface area contributed by atoms with Gasteiger partial charge in [0.2, 0.25) is 10.0 Å². The molecule has 1 N–H and O–H groups in total. The molecule has 2 aromatic rings. The van der Waals surface area contributed by atoms with Crippen molar-refractivity contribution in [2.75, 3.05) is 0 Å². The summed E-state index contributed by atoms with van der Waals surface area (Å²) in [6.07, 6.45) is 4.89. The van der Waals surface area contributed by atoms with E-state index in [1.807, 2.05) is 42.5 Å². The molecule has 1 aliphatic carbocycles. The van der Waals surface area contributed by atoms with Crippen LogP contribution in [0, 0.1) is 11.3 Å². The molecule has 0 fully saturated rings. The van der Waals surface area contributed by atoms with E-state index in [2.05, 4.69) is 16.9 Å². The third-order valence-electron chi connectivity index (χ3n) is 4.91. The van der Waals surface area contributed by atoms with E-state index < -0.39 is 15.3 Å². The van der Waals surface area contributed by atoms with E-state index in [0.29, 0.717) is 5.56 Å². The van der Waals surface area contributed by atoms with Crippen LogP contribution in [0.15, 0.2) is 54.6 Å². The van der Waals surface area contributed by atoms with Crippen molar-refractivity contribution in [3.63, 3.8) is 0 Å². The number of benzene rings is 2. The first-order valence-corrected chi connectivity index (χ1v) is 10.8. The van der Waals surface area contributed by atoms with Gasteiger partial charge in [-0.15, -0.1) is 0 Å². The fourth-order valence-electron chi connectivity index (χ4n) is 3.28. The van der Waals surface area contributed by atoms with Crippen molar-refractivity contribution < 1.29 is 8.42 Å². The van der Waals surface area contributed by atoms with Gasteiger partial charge in [-0.3, -0.25) is 0 Å². The van der Waals surface area contributed by atoms with E-state index in [1.165, 1.54) is 0 Å². The molecule has 1 atom stereocenters. The quantitative estimate of drug-likeness (QED) is 0.831. The van der Waals surface area contributed by atoms with E-state index in [0.717, 1.165) is 41.5 Å². The van der Waals surface area contributed by atoms with Gasteiger partial charge in [-0.1, -0.05) is 42.5 Å². The maximum atomic E-state index is 12.3. The number of allylic oxidation sites excluding steroid dienone is 1. The fraction of sp³-hybridized carbons (Fsp3) is 0.318. The molecule has 0 aliphatic heterocycles. The van der Waals surface area contributed by atoms with Gasteiger partial charge in [0, 0.05) is 6.04 Å². The molecular formula is C22H24N2O2S. The Bertz CT molecular complexity index is 984. The van der Waals surface area contributed by atoms with Crippen LogP contribution in [0.1, 0.15) is 44.2 Å². The van der Waals surface area contributed by atoms with E-state index in [-0.39, 0.29) is 6.04 Å². The fourth-order valence-corrected chi connectivity index (χ4v) is 4.19. The largest absolute Gasteiger partial charge is 0.214 e. The van der Waals surface area contributed by atoms with Crippen LogP contribution >= 0.6 is 0 Å². The summed E-state index contributed by atoms with van der Waals surface area (Å²) in [6, 6.07) is 17.6. The van der Waals surface area contributed by atoms with E-state index in [9.17, 15) is 8.42 Å². The summed E-state index contributed by atoms with van der Waals surface area (Å²) < 4.78 is 27.5. The van der Waals surface area contributed by atoms with Crippen LogP contribution in [0.2, 0.25) is 0 Å². The van der Waals surface area contributed by atoms with Crippen molar-refractivity contribution in [1.29, 1.82) is 5.26 Å². The van der Waals surface area contributed by atoms with Gasteiger partial charge in [-0.2, -0.15) is 5.26 Å². The minimum absolute atomic E-state index is 0.182. The molecule has 0 heterocycles. The van der Waals surface area contributed by atoms with Crippen LogP contribution in [-0.2, 0) is 10.0 Å². The van der Waals surface area contributed by atoms with Crippen molar-refractivity contribution in [3.8, 4) is 17.2 Å². The molecule has 2 aromatic carbocycles. The van der Waals surface area contributed by atoms with Crippen LogP contribution in [0.3, 0.4) is 0 Å². The SMILES string of the molecule is CC(C)S(=O)(=O)NC1CCCC=C1c1ccc(-c2cccc(C#N)c2)cc1. The monoisotopic (exact) mass is 380 g/mol. The first kappa shape index (κ1) is 19.3. The Kier molecular flexibility index (Phi) is 5.79. The number of nitrogens with one attached hydrogen (secondary N) is 1. The molecule has 0 saturated carbocycles. The highest BCUT2D eigenvalue weighted by Crippen LogP contribution is 2.30. The van der Waals surface area contributed by atoms with Crippen LogP contribution in [0.25, 0.3) is 16.7 Å². The van der Waals surface area contributed by atoms with E-state index >= 15 is 0 Å². The summed E-state index contributed by atoms with van der Waals surface area (Å²) in [7, 11) is -3.32. The Morgan fingerprint density at radius 2 is 1.78 bits per heavy atom.